The SMILES string of the molecule is [2H]c1cccc2c(Br)c3ccccc3c(Br)c12. The first-order valence-corrected chi connectivity index (χ1v) is 6.54. The second kappa shape index (κ2) is 3.86. The van der Waals surface area contributed by atoms with Gasteiger partial charge in [-0.15, -0.1) is 0 Å². The summed E-state index contributed by atoms with van der Waals surface area (Å²) in [4.78, 5) is 0. The molecule has 2 heteroatoms. The van der Waals surface area contributed by atoms with Crippen LogP contribution in [0.1, 0.15) is 1.37 Å². The molecule has 0 bridgehead atoms. The molecule has 3 aromatic carbocycles. The maximum Gasteiger partial charge on any atom is 0.0630 e. The lowest BCUT2D eigenvalue weighted by atomic mass is 10.0. The number of hydrogen-bond acceptors (Lipinski definition) is 0. The lowest BCUT2D eigenvalue weighted by molar-refractivity contribution is 1.72. The van der Waals surface area contributed by atoms with E-state index in [9.17, 15) is 0 Å². The Bertz CT molecular complexity index is 735. The molecule has 0 saturated heterocycles. The Balaban J connectivity index is 2.69. The molecule has 0 amide bonds. The van der Waals surface area contributed by atoms with E-state index < -0.39 is 0 Å². The second-order valence-electron chi connectivity index (χ2n) is 3.63. The average molecular weight is 337 g/mol. The van der Waals surface area contributed by atoms with Crippen LogP contribution in [0.15, 0.2) is 57.5 Å². The maximum atomic E-state index is 8.03. The zero-order valence-corrected chi connectivity index (χ0v) is 11.5. The van der Waals surface area contributed by atoms with Gasteiger partial charge in [-0.05, 0) is 53.4 Å². The van der Waals surface area contributed by atoms with Crippen LogP contribution in [0.3, 0.4) is 0 Å². The Hall–Kier alpha value is -0.860. The molecule has 78 valence electrons. The van der Waals surface area contributed by atoms with E-state index >= 15 is 0 Å². The van der Waals surface area contributed by atoms with Gasteiger partial charge >= 0.3 is 0 Å². The summed E-state index contributed by atoms with van der Waals surface area (Å²) in [5.74, 6) is 0. The molecular formula is C14H8Br2. The highest BCUT2D eigenvalue weighted by molar-refractivity contribution is 9.11. The number of fused-ring (bicyclic) bond motifs is 2. The molecule has 0 atom stereocenters. The average Bonchev–Trinajstić information content (AvgIpc) is 2.36. The minimum Gasteiger partial charge on any atom is -0.0616 e. The number of benzene rings is 3. The molecule has 0 aliphatic carbocycles. The first kappa shape index (κ1) is 9.20. The summed E-state index contributed by atoms with van der Waals surface area (Å²) in [7, 11) is 0. The standard InChI is InChI=1S/C14H8Br2/c15-13-9-5-1-2-6-10(9)14(16)12-8-4-3-7-11(12)13/h1-8H/i5D. The third-order valence-corrected chi connectivity index (χ3v) is 4.39. The Morgan fingerprint density at radius 1 is 0.688 bits per heavy atom. The molecule has 0 saturated carbocycles. The highest BCUT2D eigenvalue weighted by Crippen LogP contribution is 2.38. The Labute approximate surface area is 112 Å². The van der Waals surface area contributed by atoms with Crippen molar-refractivity contribution in [2.45, 2.75) is 0 Å². The van der Waals surface area contributed by atoms with Crippen molar-refractivity contribution in [3.63, 3.8) is 0 Å². The van der Waals surface area contributed by atoms with E-state index in [4.69, 9.17) is 1.37 Å². The Morgan fingerprint density at radius 3 is 1.75 bits per heavy atom. The van der Waals surface area contributed by atoms with Crippen molar-refractivity contribution in [2.24, 2.45) is 0 Å². The summed E-state index contributed by atoms with van der Waals surface area (Å²) in [6.07, 6.45) is 0. The smallest absolute Gasteiger partial charge is 0.0616 e. The van der Waals surface area contributed by atoms with Gasteiger partial charge in [0.25, 0.3) is 0 Å². The largest absolute Gasteiger partial charge is 0.0630 e. The van der Waals surface area contributed by atoms with Crippen molar-refractivity contribution in [2.75, 3.05) is 0 Å². The number of hydrogen-bond donors (Lipinski definition) is 0. The normalized spacial score (nSPS) is 12.0. The van der Waals surface area contributed by atoms with E-state index in [1.165, 1.54) is 0 Å². The van der Waals surface area contributed by atoms with E-state index in [1.807, 2.05) is 30.3 Å². The Morgan fingerprint density at radius 2 is 1.12 bits per heavy atom. The summed E-state index contributed by atoms with van der Waals surface area (Å²) in [5, 5.41) is 4.32. The van der Waals surface area contributed by atoms with Gasteiger partial charge in [0.15, 0.2) is 0 Å². The van der Waals surface area contributed by atoms with Crippen molar-refractivity contribution >= 4 is 53.4 Å². The first-order chi connectivity index (χ1) is 8.20. The summed E-state index contributed by atoms with van der Waals surface area (Å²) in [5.41, 5.74) is 0. The van der Waals surface area contributed by atoms with E-state index in [0.29, 0.717) is 6.04 Å². The fraction of sp³-hybridized carbons (Fsp3) is 0. The molecular weight excluding hydrogens is 328 g/mol. The molecule has 16 heavy (non-hydrogen) atoms. The molecule has 0 nitrogen and oxygen atoms in total. The maximum absolute atomic E-state index is 8.03. The van der Waals surface area contributed by atoms with Crippen LogP contribution in [-0.4, -0.2) is 0 Å². The van der Waals surface area contributed by atoms with E-state index in [2.05, 4.69) is 44.0 Å². The van der Waals surface area contributed by atoms with Gasteiger partial charge in [-0.25, -0.2) is 0 Å². The van der Waals surface area contributed by atoms with Crippen molar-refractivity contribution in [1.29, 1.82) is 0 Å². The number of rotatable bonds is 0. The lowest BCUT2D eigenvalue weighted by Gasteiger charge is -2.09. The zero-order chi connectivity index (χ0) is 12.0. The molecule has 0 aromatic heterocycles. The zero-order valence-electron chi connectivity index (χ0n) is 9.30. The molecule has 0 unspecified atom stereocenters. The van der Waals surface area contributed by atoms with Gasteiger partial charge in [-0.2, -0.15) is 0 Å². The predicted octanol–water partition coefficient (Wildman–Crippen LogP) is 5.52. The van der Waals surface area contributed by atoms with Crippen molar-refractivity contribution in [3.05, 3.63) is 57.5 Å². The topological polar surface area (TPSA) is 0 Å². The minimum absolute atomic E-state index is 0.542. The second-order valence-corrected chi connectivity index (χ2v) is 5.22. The van der Waals surface area contributed by atoms with Crippen LogP contribution in [0.5, 0.6) is 0 Å². The van der Waals surface area contributed by atoms with Gasteiger partial charge in [-0.1, -0.05) is 48.5 Å². The molecule has 0 spiro atoms. The van der Waals surface area contributed by atoms with E-state index in [0.717, 1.165) is 30.5 Å². The fourth-order valence-electron chi connectivity index (χ4n) is 1.95. The van der Waals surface area contributed by atoms with Gasteiger partial charge in [0.05, 0.1) is 1.37 Å². The monoisotopic (exact) mass is 335 g/mol. The van der Waals surface area contributed by atoms with Crippen LogP contribution in [0.2, 0.25) is 0 Å². The van der Waals surface area contributed by atoms with Crippen molar-refractivity contribution < 1.29 is 1.37 Å². The summed E-state index contributed by atoms with van der Waals surface area (Å²) < 4.78 is 10.1. The van der Waals surface area contributed by atoms with Gasteiger partial charge in [0.1, 0.15) is 0 Å². The van der Waals surface area contributed by atoms with E-state index in [1.54, 1.807) is 0 Å². The predicted molar refractivity (Wildman–Crippen MR) is 76.9 cm³/mol. The summed E-state index contributed by atoms with van der Waals surface area (Å²) in [6.45, 7) is 0. The van der Waals surface area contributed by atoms with Crippen LogP contribution < -0.4 is 0 Å². The fourth-order valence-corrected chi connectivity index (χ4v) is 3.30. The third-order valence-electron chi connectivity index (χ3n) is 2.71. The quantitative estimate of drug-likeness (QED) is 0.474. The van der Waals surface area contributed by atoms with Crippen LogP contribution in [-0.2, 0) is 0 Å². The molecule has 0 aliphatic rings. The molecule has 0 heterocycles. The van der Waals surface area contributed by atoms with Gasteiger partial charge < -0.3 is 0 Å². The van der Waals surface area contributed by atoms with Gasteiger partial charge in [0, 0.05) is 8.95 Å². The molecule has 3 aromatic rings. The molecule has 0 fully saturated rings. The first-order valence-electron chi connectivity index (χ1n) is 5.45. The molecule has 0 aliphatic heterocycles. The molecule has 0 N–H and O–H groups in total. The van der Waals surface area contributed by atoms with Crippen molar-refractivity contribution in [1.82, 2.24) is 0 Å². The molecule has 3 rings (SSSR count). The number of halogens is 2. The Kier molecular flexibility index (Phi) is 2.22. The van der Waals surface area contributed by atoms with Crippen LogP contribution >= 0.6 is 31.9 Å². The van der Waals surface area contributed by atoms with Crippen LogP contribution in [0, 0.1) is 0 Å². The highest BCUT2D eigenvalue weighted by atomic mass is 79.9. The van der Waals surface area contributed by atoms with Crippen LogP contribution in [0.25, 0.3) is 21.5 Å². The highest BCUT2D eigenvalue weighted by Gasteiger charge is 2.08. The minimum atomic E-state index is 0.542. The summed E-state index contributed by atoms with van der Waals surface area (Å²) >= 11 is 7.27. The van der Waals surface area contributed by atoms with E-state index in [-0.39, 0.29) is 0 Å². The lowest BCUT2D eigenvalue weighted by Crippen LogP contribution is -1.81. The van der Waals surface area contributed by atoms with Crippen molar-refractivity contribution in [3.8, 4) is 0 Å². The van der Waals surface area contributed by atoms with Gasteiger partial charge in [0.2, 0.25) is 0 Å². The molecule has 0 radical (unpaired) electrons. The van der Waals surface area contributed by atoms with Gasteiger partial charge in [-0.3, -0.25) is 0 Å². The third kappa shape index (κ3) is 1.40. The van der Waals surface area contributed by atoms with Crippen LogP contribution in [0.4, 0.5) is 0 Å². The summed E-state index contributed by atoms with van der Waals surface area (Å²) in [6, 6.07) is 14.5.